The molecular formula is C16H19FN4O. The Hall–Kier alpha value is -2.50. The number of hydrogen-bond acceptors (Lipinski definition) is 4. The Labute approximate surface area is 129 Å². The Morgan fingerprint density at radius 2 is 2.00 bits per heavy atom. The predicted octanol–water partition coefficient (Wildman–Crippen LogP) is 2.76. The fourth-order valence-electron chi connectivity index (χ4n) is 1.75. The second-order valence-electron chi connectivity index (χ2n) is 5.03. The van der Waals surface area contributed by atoms with Crippen molar-refractivity contribution in [1.82, 2.24) is 15.3 Å². The van der Waals surface area contributed by atoms with E-state index in [0.717, 1.165) is 12.0 Å². The molecule has 0 aliphatic carbocycles. The van der Waals surface area contributed by atoms with Gasteiger partial charge >= 0.3 is 0 Å². The van der Waals surface area contributed by atoms with Crippen LogP contribution in [0, 0.1) is 5.82 Å². The molecule has 22 heavy (non-hydrogen) atoms. The van der Waals surface area contributed by atoms with Gasteiger partial charge in [0.15, 0.2) is 0 Å². The summed E-state index contributed by atoms with van der Waals surface area (Å²) in [4.78, 5) is 20.3. The van der Waals surface area contributed by atoms with Gasteiger partial charge in [0.25, 0.3) is 5.91 Å². The van der Waals surface area contributed by atoms with Gasteiger partial charge in [-0.25, -0.2) is 14.4 Å². The van der Waals surface area contributed by atoms with Gasteiger partial charge < -0.3 is 10.6 Å². The first-order valence-corrected chi connectivity index (χ1v) is 7.20. The third-order valence-corrected chi connectivity index (χ3v) is 3.24. The third kappa shape index (κ3) is 4.51. The quantitative estimate of drug-likeness (QED) is 0.861. The van der Waals surface area contributed by atoms with E-state index in [1.165, 1.54) is 18.3 Å². The summed E-state index contributed by atoms with van der Waals surface area (Å²) in [7, 11) is 0. The molecule has 1 heterocycles. The Morgan fingerprint density at radius 3 is 2.68 bits per heavy atom. The van der Waals surface area contributed by atoms with E-state index in [4.69, 9.17) is 0 Å². The minimum absolute atomic E-state index is 0.0955. The molecule has 0 aliphatic heterocycles. The Bertz CT molecular complexity index is 630. The molecule has 6 heteroatoms. The van der Waals surface area contributed by atoms with Crippen molar-refractivity contribution in [2.45, 2.75) is 32.9 Å². The molecule has 2 aromatic rings. The highest BCUT2D eigenvalue weighted by atomic mass is 19.1. The van der Waals surface area contributed by atoms with E-state index in [-0.39, 0.29) is 17.8 Å². The summed E-state index contributed by atoms with van der Waals surface area (Å²) in [6.45, 7) is 4.39. The number of nitrogens with zero attached hydrogens (tertiary/aromatic N) is 2. The lowest BCUT2D eigenvalue weighted by Gasteiger charge is -2.11. The minimum atomic E-state index is -0.274. The second-order valence-corrected chi connectivity index (χ2v) is 5.03. The monoisotopic (exact) mass is 302 g/mol. The van der Waals surface area contributed by atoms with Crippen molar-refractivity contribution in [3.05, 3.63) is 53.6 Å². The third-order valence-electron chi connectivity index (χ3n) is 3.24. The average molecular weight is 302 g/mol. The molecule has 1 aromatic heterocycles. The highest BCUT2D eigenvalue weighted by Gasteiger charge is 2.10. The lowest BCUT2D eigenvalue weighted by atomic mass is 10.2. The summed E-state index contributed by atoms with van der Waals surface area (Å²) < 4.78 is 12.8. The molecule has 0 bridgehead atoms. The summed E-state index contributed by atoms with van der Waals surface area (Å²) >= 11 is 0. The Kier molecular flexibility index (Phi) is 5.41. The summed E-state index contributed by atoms with van der Waals surface area (Å²) in [5.41, 5.74) is 1.22. The van der Waals surface area contributed by atoms with Crippen molar-refractivity contribution in [3.8, 4) is 0 Å². The predicted molar refractivity (Wildman–Crippen MR) is 83.0 cm³/mol. The van der Waals surface area contributed by atoms with Crippen LogP contribution in [-0.4, -0.2) is 21.9 Å². The van der Waals surface area contributed by atoms with Gasteiger partial charge in [0.1, 0.15) is 11.5 Å². The smallest absolute Gasteiger partial charge is 0.270 e. The molecule has 2 N–H and O–H groups in total. The van der Waals surface area contributed by atoms with E-state index >= 15 is 0 Å². The van der Waals surface area contributed by atoms with Crippen LogP contribution in [0.1, 0.15) is 36.3 Å². The molecule has 1 amide bonds. The lowest BCUT2D eigenvalue weighted by Crippen LogP contribution is -2.32. The zero-order valence-electron chi connectivity index (χ0n) is 12.6. The van der Waals surface area contributed by atoms with Crippen LogP contribution in [0.15, 0.2) is 36.5 Å². The van der Waals surface area contributed by atoms with Gasteiger partial charge in [0.2, 0.25) is 5.95 Å². The van der Waals surface area contributed by atoms with Crippen molar-refractivity contribution >= 4 is 11.9 Å². The molecular weight excluding hydrogens is 283 g/mol. The van der Waals surface area contributed by atoms with Gasteiger partial charge in [-0.2, -0.15) is 0 Å². The SMILES string of the molecule is CCC(C)NC(=O)c1ccnc(NCc2ccc(F)cc2)n1. The first-order chi connectivity index (χ1) is 10.6. The highest BCUT2D eigenvalue weighted by Crippen LogP contribution is 2.06. The van der Waals surface area contributed by atoms with Gasteiger partial charge in [-0.3, -0.25) is 4.79 Å². The van der Waals surface area contributed by atoms with E-state index in [2.05, 4.69) is 20.6 Å². The van der Waals surface area contributed by atoms with Crippen LogP contribution in [0.4, 0.5) is 10.3 Å². The van der Waals surface area contributed by atoms with Crippen molar-refractivity contribution in [1.29, 1.82) is 0 Å². The molecule has 1 atom stereocenters. The molecule has 0 aliphatic rings. The normalized spacial score (nSPS) is 11.8. The number of carbonyl (C=O) groups excluding carboxylic acids is 1. The van der Waals surface area contributed by atoms with Crippen LogP contribution in [0.2, 0.25) is 0 Å². The second kappa shape index (κ2) is 7.49. The van der Waals surface area contributed by atoms with Crippen LogP contribution in [0.25, 0.3) is 0 Å². The van der Waals surface area contributed by atoms with E-state index < -0.39 is 0 Å². The van der Waals surface area contributed by atoms with Gasteiger partial charge in [0.05, 0.1) is 0 Å². The summed E-state index contributed by atoms with van der Waals surface area (Å²) in [6, 6.07) is 7.82. The number of hydrogen-bond donors (Lipinski definition) is 2. The van der Waals surface area contributed by atoms with Gasteiger partial charge in [-0.05, 0) is 37.1 Å². The van der Waals surface area contributed by atoms with Crippen molar-refractivity contribution in [2.75, 3.05) is 5.32 Å². The first-order valence-electron chi connectivity index (χ1n) is 7.20. The van der Waals surface area contributed by atoms with Crippen molar-refractivity contribution < 1.29 is 9.18 Å². The number of carbonyl (C=O) groups is 1. The first kappa shape index (κ1) is 15.9. The maximum atomic E-state index is 12.8. The van der Waals surface area contributed by atoms with Gasteiger partial charge in [-0.15, -0.1) is 0 Å². The number of benzene rings is 1. The highest BCUT2D eigenvalue weighted by molar-refractivity contribution is 5.92. The van der Waals surface area contributed by atoms with E-state index in [0.29, 0.717) is 18.2 Å². The molecule has 0 saturated heterocycles. The van der Waals surface area contributed by atoms with Crippen LogP contribution in [0.3, 0.4) is 0 Å². The fraction of sp³-hybridized carbons (Fsp3) is 0.312. The van der Waals surface area contributed by atoms with Gasteiger partial charge in [0, 0.05) is 18.8 Å². The van der Waals surface area contributed by atoms with Crippen LogP contribution >= 0.6 is 0 Å². The van der Waals surface area contributed by atoms with Crippen LogP contribution < -0.4 is 10.6 Å². The zero-order valence-corrected chi connectivity index (χ0v) is 12.6. The fourth-order valence-corrected chi connectivity index (χ4v) is 1.75. The van der Waals surface area contributed by atoms with E-state index in [1.807, 2.05) is 13.8 Å². The Morgan fingerprint density at radius 1 is 1.27 bits per heavy atom. The maximum Gasteiger partial charge on any atom is 0.270 e. The molecule has 0 spiro atoms. The topological polar surface area (TPSA) is 66.9 Å². The molecule has 0 fully saturated rings. The Balaban J connectivity index is 1.99. The van der Waals surface area contributed by atoms with Crippen molar-refractivity contribution in [2.24, 2.45) is 0 Å². The molecule has 1 unspecified atom stereocenters. The molecule has 116 valence electrons. The average Bonchev–Trinajstić information content (AvgIpc) is 2.54. The standard InChI is InChI=1S/C16H19FN4O/c1-3-11(2)20-15(22)14-8-9-18-16(21-14)19-10-12-4-6-13(17)7-5-12/h4-9,11H,3,10H2,1-2H3,(H,20,22)(H,18,19,21). The molecule has 0 radical (unpaired) electrons. The number of amides is 1. The summed E-state index contributed by atoms with van der Waals surface area (Å²) in [6.07, 6.45) is 2.39. The summed E-state index contributed by atoms with van der Waals surface area (Å²) in [5, 5.41) is 5.87. The molecule has 2 rings (SSSR count). The maximum absolute atomic E-state index is 12.8. The van der Waals surface area contributed by atoms with E-state index in [1.54, 1.807) is 18.2 Å². The lowest BCUT2D eigenvalue weighted by molar-refractivity contribution is 0.0934. The largest absolute Gasteiger partial charge is 0.350 e. The molecule has 0 saturated carbocycles. The van der Waals surface area contributed by atoms with E-state index in [9.17, 15) is 9.18 Å². The summed E-state index contributed by atoms with van der Waals surface area (Å²) in [5.74, 6) is -0.133. The number of rotatable bonds is 6. The van der Waals surface area contributed by atoms with Crippen LogP contribution in [-0.2, 0) is 6.54 Å². The molecule has 5 nitrogen and oxygen atoms in total. The van der Waals surface area contributed by atoms with Crippen LogP contribution in [0.5, 0.6) is 0 Å². The number of nitrogens with one attached hydrogen (secondary N) is 2. The molecule has 1 aromatic carbocycles. The number of anilines is 1. The van der Waals surface area contributed by atoms with Crippen molar-refractivity contribution in [3.63, 3.8) is 0 Å². The number of halogens is 1. The van der Waals surface area contributed by atoms with Gasteiger partial charge in [-0.1, -0.05) is 19.1 Å². The zero-order chi connectivity index (χ0) is 15.9. The minimum Gasteiger partial charge on any atom is -0.350 e. The number of aromatic nitrogens is 2.